The second-order valence-corrected chi connectivity index (χ2v) is 35.4. The number of carbonyl (C=O) groups excluding carboxylic acids is 5. The molecule has 6 aromatic rings. The fraction of sp³-hybridized carbons (Fsp3) is 0.615. The number of carbonyl (C=O) groups is 5. The molecule has 5 amide bonds. The highest BCUT2D eigenvalue weighted by Crippen LogP contribution is 2.45. The smallest absolute Gasteiger partial charge is 0.407 e. The third-order valence-corrected chi connectivity index (χ3v) is 22.6. The number of hydrogen-bond acceptors (Lipinski definition) is 34. The van der Waals surface area contributed by atoms with Gasteiger partial charge in [0.1, 0.15) is 30.0 Å². The van der Waals surface area contributed by atoms with Crippen LogP contribution in [0.25, 0.3) is 11.0 Å². The van der Waals surface area contributed by atoms with Gasteiger partial charge in [-0.2, -0.15) is 0 Å². The van der Waals surface area contributed by atoms with Crippen molar-refractivity contribution in [2.75, 3.05) is 341 Å². The summed E-state index contributed by atoms with van der Waals surface area (Å²) < 4.78 is 158. The first-order valence-electron chi connectivity index (χ1n) is 49.9. The number of benzene rings is 5. The van der Waals surface area contributed by atoms with Gasteiger partial charge in [0.15, 0.2) is 5.43 Å². The van der Waals surface area contributed by atoms with Crippen molar-refractivity contribution >= 4 is 71.2 Å². The Labute approximate surface area is 863 Å². The Kier molecular flexibility index (Phi) is 70.9. The van der Waals surface area contributed by atoms with Crippen molar-refractivity contribution in [2.45, 2.75) is 79.1 Å². The van der Waals surface area contributed by atoms with Crippen LogP contribution in [0.2, 0.25) is 5.02 Å². The number of terminal acetylenes is 1. The van der Waals surface area contributed by atoms with E-state index in [0.29, 0.717) is 340 Å². The van der Waals surface area contributed by atoms with E-state index in [1.54, 1.807) is 73.3 Å². The van der Waals surface area contributed by atoms with Crippen LogP contribution < -0.4 is 31.8 Å². The average Bonchev–Trinajstić information content (AvgIpc) is 0.757. The van der Waals surface area contributed by atoms with Crippen LogP contribution in [-0.2, 0) is 145 Å². The summed E-state index contributed by atoms with van der Waals surface area (Å²) in [6, 6.07) is 31.5. The summed E-state index contributed by atoms with van der Waals surface area (Å²) in [4.78, 5) is 84.5. The van der Waals surface area contributed by atoms with Crippen molar-refractivity contribution in [3.05, 3.63) is 176 Å². The number of ether oxygens (including phenoxy) is 24. The number of fused-ring (bicyclic) bond motifs is 1. The van der Waals surface area contributed by atoms with Gasteiger partial charge in [0.05, 0.1) is 329 Å². The Balaban J connectivity index is 0.650. The maximum atomic E-state index is 14.7. The Morgan fingerprint density at radius 1 is 0.432 bits per heavy atom. The molecule has 0 aliphatic carbocycles. The zero-order valence-corrected chi connectivity index (χ0v) is 87.3. The minimum atomic E-state index is -3.83. The number of alkyl carbamates (subject to hydrolysis) is 1. The Morgan fingerprint density at radius 2 is 0.801 bits per heavy atom. The standard InChI is InChI=1S/C104H156ClN6O34P/c1-8-146(119,144-78-77-142-76-75-141-74-73-140-72-71-139-70-69-138-68-67-137-66-65-136-64-63-135-62-61-134-60-59-133-58-57-132-56-55-131-54-53-130-52-51-129-50-49-128-48-47-127-46-45-126-44-43-125-42-41-124-40-39-123-38-37-122-36-35-121-34-33-120-32-31-112)110-92-26-21-88(22-27-92)101(115)109-96(82(2)3)102(116)107-85(7)100(114)108-91-24-17-87(18-25-91)81-143-104(118)106-29-12-30-111(103(117)89-19-15-84(6)16-20-89)97(83(4)5)99-94(79-86-13-10-9-11-14-86)98(113)93-28-23-90(105)80-95(93)145-99/h1,9-11,13-28,80,82-83,85,96-97,112H,12,29-79,81H2,2-7H3,(H,106,118)(H,107,116)(H,108,114)(H,109,115)(H,110,119)/t85-,96-,97+,146?/m0/s1. The minimum absolute atomic E-state index is 0.00972. The molecule has 0 spiro atoms. The van der Waals surface area contributed by atoms with Gasteiger partial charge in [-0.15, -0.1) is 6.42 Å². The van der Waals surface area contributed by atoms with E-state index < -0.39 is 55.4 Å². The first kappa shape index (κ1) is 126. The first-order chi connectivity index (χ1) is 71.3. The highest BCUT2D eigenvalue weighted by molar-refractivity contribution is 7.65. The molecule has 818 valence electrons. The molecule has 1 heterocycles. The van der Waals surface area contributed by atoms with Crippen LogP contribution in [-0.4, -0.2) is 382 Å². The molecule has 0 aliphatic heterocycles. The Bertz CT molecular complexity index is 4550. The van der Waals surface area contributed by atoms with Gasteiger partial charge >= 0.3 is 13.6 Å². The average molecular weight is 2100 g/mol. The summed E-state index contributed by atoms with van der Waals surface area (Å²) >= 11 is 6.43. The zero-order valence-electron chi connectivity index (χ0n) is 85.7. The van der Waals surface area contributed by atoms with E-state index in [0.717, 1.165) is 11.1 Å². The van der Waals surface area contributed by atoms with E-state index in [2.05, 4.69) is 32.0 Å². The third kappa shape index (κ3) is 58.5. The number of nitrogens with one attached hydrogen (secondary N) is 5. The lowest BCUT2D eigenvalue weighted by molar-refractivity contribution is -0.128. The van der Waals surface area contributed by atoms with E-state index in [1.807, 2.05) is 63.2 Å². The Morgan fingerprint density at radius 3 is 1.17 bits per heavy atom. The van der Waals surface area contributed by atoms with Crippen LogP contribution in [0.1, 0.15) is 95.8 Å². The monoisotopic (exact) mass is 2100 g/mol. The van der Waals surface area contributed by atoms with Crippen LogP contribution in [0.15, 0.2) is 131 Å². The number of rotatable bonds is 93. The number of aryl methyl sites for hydroxylation is 1. The quantitative estimate of drug-likeness (QED) is 0.0117. The molecule has 0 fully saturated rings. The molecule has 1 aromatic heterocycles. The molecule has 6 rings (SSSR count). The number of nitrogens with zero attached hydrogens (tertiary/aromatic N) is 1. The first-order valence-corrected chi connectivity index (χ1v) is 51.9. The fourth-order valence-electron chi connectivity index (χ4n) is 13.4. The lowest BCUT2D eigenvalue weighted by atomic mass is 9.91. The topological polar surface area (TPSA) is 447 Å². The molecule has 40 nitrogen and oxygen atoms in total. The predicted molar refractivity (Wildman–Crippen MR) is 546 cm³/mol. The molecule has 5 aromatic carbocycles. The largest absolute Gasteiger partial charge is 0.458 e. The van der Waals surface area contributed by atoms with Crippen molar-refractivity contribution in [3.63, 3.8) is 0 Å². The van der Waals surface area contributed by atoms with Gasteiger partial charge in [0, 0.05) is 64.3 Å². The maximum absolute atomic E-state index is 14.7. The van der Waals surface area contributed by atoms with Crippen molar-refractivity contribution in [2.24, 2.45) is 11.8 Å². The van der Waals surface area contributed by atoms with Gasteiger partial charge < -0.3 is 159 Å². The summed E-state index contributed by atoms with van der Waals surface area (Å²) in [5.74, 6) is -2.27. The fourth-order valence-corrected chi connectivity index (χ4v) is 14.5. The molecule has 0 radical (unpaired) electrons. The van der Waals surface area contributed by atoms with Crippen molar-refractivity contribution in [3.8, 4) is 12.1 Å². The van der Waals surface area contributed by atoms with Gasteiger partial charge in [-0.05, 0) is 104 Å². The normalized spacial score (nSPS) is 12.6. The van der Waals surface area contributed by atoms with E-state index in [-0.39, 0.29) is 82.0 Å². The van der Waals surface area contributed by atoms with Crippen molar-refractivity contribution in [1.29, 1.82) is 0 Å². The zero-order chi connectivity index (χ0) is 105. The second-order valence-electron chi connectivity index (χ2n) is 33.1. The molecular weight excluding hydrogens is 1940 g/mol. The maximum Gasteiger partial charge on any atom is 0.407 e. The molecule has 1 unspecified atom stereocenters. The van der Waals surface area contributed by atoms with E-state index in [1.165, 1.54) is 31.2 Å². The lowest BCUT2D eigenvalue weighted by Crippen LogP contribution is -2.53. The highest BCUT2D eigenvalue weighted by atomic mass is 35.5. The number of aliphatic hydroxyl groups excluding tert-OH is 1. The Hall–Kier alpha value is -8.66. The molecular formula is C104H156ClN6O34P. The van der Waals surface area contributed by atoms with Gasteiger partial charge in [-0.3, -0.25) is 28.5 Å². The van der Waals surface area contributed by atoms with Gasteiger partial charge in [0.2, 0.25) is 11.8 Å². The molecule has 42 heteroatoms. The van der Waals surface area contributed by atoms with Crippen molar-refractivity contribution < 1.29 is 156 Å². The molecule has 0 saturated carbocycles. The number of hydrogen-bond donors (Lipinski definition) is 6. The molecule has 6 N–H and O–H groups in total. The number of amides is 5. The minimum Gasteiger partial charge on any atom is -0.458 e. The molecule has 0 bridgehead atoms. The van der Waals surface area contributed by atoms with Gasteiger partial charge in [-0.1, -0.05) is 99.5 Å². The van der Waals surface area contributed by atoms with Crippen LogP contribution in [0.5, 0.6) is 0 Å². The molecule has 146 heavy (non-hydrogen) atoms. The van der Waals surface area contributed by atoms with Crippen LogP contribution in [0.3, 0.4) is 0 Å². The predicted octanol–water partition coefficient (Wildman–Crippen LogP) is 9.99. The summed E-state index contributed by atoms with van der Waals surface area (Å²) in [5, 5.41) is 23.1. The number of halogens is 1. The molecule has 0 saturated heterocycles. The highest BCUT2D eigenvalue weighted by Gasteiger charge is 2.35. The number of anilines is 2. The van der Waals surface area contributed by atoms with Gasteiger partial charge in [-0.25, -0.2) is 4.79 Å². The molecule has 0 aliphatic rings. The van der Waals surface area contributed by atoms with E-state index in [9.17, 15) is 33.3 Å². The SMILES string of the molecule is C#CP(=O)(Nc1ccc(C(=O)N[C@H](C(=O)N[C@@H](C)C(=O)Nc2ccc(COC(=O)NCCCN(C(=O)c3ccc(C)cc3)[C@@H](c3oc4cc(Cl)ccc4c(=O)c3Cc3ccccc3)C(C)C)cc2)C(C)C)cc1)OCCOCCOCCOCCOCCOCCOCCOCCOCCOCCOCCOCCOCCOCCOCCOCCOCCOCCOCCOCCOCCOCCOCCOCCO. The number of aliphatic hydroxyl groups is 1. The molecule has 4 atom stereocenters. The second kappa shape index (κ2) is 82.2. The summed E-state index contributed by atoms with van der Waals surface area (Å²) in [5.41, 5.74) is 6.52. The van der Waals surface area contributed by atoms with E-state index >= 15 is 0 Å². The summed E-state index contributed by atoms with van der Waals surface area (Å²) in [6.07, 6.45) is 5.50. The summed E-state index contributed by atoms with van der Waals surface area (Å²) in [6.45, 7) is 30.9. The van der Waals surface area contributed by atoms with Crippen LogP contribution in [0.4, 0.5) is 16.2 Å². The van der Waals surface area contributed by atoms with Gasteiger partial charge in [0.25, 0.3) is 11.8 Å². The van der Waals surface area contributed by atoms with Crippen molar-refractivity contribution in [1.82, 2.24) is 20.9 Å². The van der Waals surface area contributed by atoms with Crippen LogP contribution >= 0.6 is 19.1 Å². The van der Waals surface area contributed by atoms with Crippen LogP contribution in [0, 0.1) is 30.8 Å². The summed E-state index contributed by atoms with van der Waals surface area (Å²) in [7, 11) is -3.83. The van der Waals surface area contributed by atoms with E-state index in [4.69, 9.17) is 146 Å². The lowest BCUT2D eigenvalue weighted by Gasteiger charge is -2.35. The third-order valence-electron chi connectivity index (χ3n) is 20.9.